The molecule has 0 aliphatic rings. The molecule has 1 heterocycles. The van der Waals surface area contributed by atoms with Crippen LogP contribution < -0.4 is 5.32 Å². The van der Waals surface area contributed by atoms with Crippen LogP contribution in [0.3, 0.4) is 0 Å². The molecule has 1 aromatic heterocycles. The smallest absolute Gasteiger partial charge is 0.207 e. The Morgan fingerprint density at radius 2 is 2.17 bits per heavy atom. The second-order valence-corrected chi connectivity index (χ2v) is 5.09. The van der Waals surface area contributed by atoms with Gasteiger partial charge in [-0.05, 0) is 32.4 Å². The maximum absolute atomic E-state index is 11.0. The topological polar surface area (TPSA) is 54.9 Å². The molecule has 94 valence electrons. The Morgan fingerprint density at radius 1 is 1.39 bits per heavy atom. The summed E-state index contributed by atoms with van der Waals surface area (Å²) in [4.78, 5) is 15.3. The third-order valence-corrected chi connectivity index (χ3v) is 3.17. The van der Waals surface area contributed by atoms with Gasteiger partial charge in [0, 0.05) is 17.2 Å². The zero-order chi connectivity index (χ0) is 13.1. The molecule has 0 saturated carbocycles. The number of aryl methyl sites for hydroxylation is 2. The van der Waals surface area contributed by atoms with Crippen LogP contribution in [0, 0.1) is 13.8 Å². The summed E-state index contributed by atoms with van der Waals surface area (Å²) in [7, 11) is 0. The molecule has 0 radical (unpaired) electrons. The molecule has 0 unspecified atom stereocenters. The van der Waals surface area contributed by atoms with E-state index in [2.05, 4.69) is 27.7 Å². The summed E-state index contributed by atoms with van der Waals surface area (Å²) in [5, 5.41) is 3.95. The van der Waals surface area contributed by atoms with Crippen molar-refractivity contribution in [3.05, 3.63) is 35.2 Å². The second kappa shape index (κ2) is 5.27. The van der Waals surface area contributed by atoms with Gasteiger partial charge in [-0.1, -0.05) is 17.7 Å². The average molecular weight is 261 g/mol. The highest BCUT2D eigenvalue weighted by molar-refractivity contribution is 7.09. The fraction of sp³-hybridized carbons (Fsp3) is 0.308. The number of Topliss-reactive ketones (excluding diaryl/α,β-unsaturated/α-hetero) is 1. The predicted molar refractivity (Wildman–Crippen MR) is 73.5 cm³/mol. The summed E-state index contributed by atoms with van der Waals surface area (Å²) in [5.41, 5.74) is 3.41. The number of benzene rings is 1. The first kappa shape index (κ1) is 12.7. The maximum atomic E-state index is 11.0. The lowest BCUT2D eigenvalue weighted by atomic mass is 10.1. The van der Waals surface area contributed by atoms with E-state index < -0.39 is 0 Å². The fourth-order valence-electron chi connectivity index (χ4n) is 1.67. The first-order valence-corrected chi connectivity index (χ1v) is 6.48. The van der Waals surface area contributed by atoms with Gasteiger partial charge in [0.25, 0.3) is 0 Å². The molecule has 4 nitrogen and oxygen atoms in total. The van der Waals surface area contributed by atoms with Gasteiger partial charge in [0.05, 0.1) is 6.42 Å². The van der Waals surface area contributed by atoms with Crippen LogP contribution in [0.2, 0.25) is 0 Å². The second-order valence-electron chi connectivity index (χ2n) is 4.34. The number of hydrogen-bond donors (Lipinski definition) is 1. The molecule has 0 fully saturated rings. The van der Waals surface area contributed by atoms with Crippen molar-refractivity contribution in [3.63, 3.8) is 0 Å². The number of hydrogen-bond acceptors (Lipinski definition) is 5. The molecule has 0 aliphatic carbocycles. The third-order valence-electron chi connectivity index (χ3n) is 2.50. The van der Waals surface area contributed by atoms with E-state index in [1.165, 1.54) is 29.6 Å². The highest BCUT2D eigenvalue weighted by atomic mass is 32.1. The summed E-state index contributed by atoms with van der Waals surface area (Å²) >= 11 is 1.27. The van der Waals surface area contributed by atoms with Gasteiger partial charge in [-0.25, -0.2) is 4.98 Å². The van der Waals surface area contributed by atoms with Crippen LogP contribution in [0.15, 0.2) is 18.2 Å². The average Bonchev–Trinajstić information content (AvgIpc) is 2.69. The summed E-state index contributed by atoms with van der Waals surface area (Å²) < 4.78 is 4.15. The van der Waals surface area contributed by atoms with Crippen molar-refractivity contribution in [2.75, 3.05) is 5.32 Å². The Morgan fingerprint density at radius 3 is 2.83 bits per heavy atom. The maximum Gasteiger partial charge on any atom is 0.207 e. The summed E-state index contributed by atoms with van der Waals surface area (Å²) in [6.07, 6.45) is 0.297. The molecule has 0 saturated heterocycles. The lowest BCUT2D eigenvalue weighted by Gasteiger charge is -2.06. The van der Waals surface area contributed by atoms with E-state index in [-0.39, 0.29) is 5.78 Å². The molecule has 0 amide bonds. The van der Waals surface area contributed by atoms with Gasteiger partial charge in [-0.3, -0.25) is 4.79 Å². The van der Waals surface area contributed by atoms with Gasteiger partial charge < -0.3 is 5.32 Å². The molecule has 2 aromatic rings. The standard InChI is InChI=1S/C13H15N3OS/c1-8-4-5-11(9(2)6-8)14-13-15-12(16-18-13)7-10(3)17/h4-6H,7H2,1-3H3,(H,14,15,16). The first-order valence-electron chi connectivity index (χ1n) is 5.71. The normalized spacial score (nSPS) is 10.4. The Balaban J connectivity index is 2.13. The summed E-state index contributed by atoms with van der Waals surface area (Å²) in [6.45, 7) is 5.65. The molecule has 1 N–H and O–H groups in total. The largest absolute Gasteiger partial charge is 0.330 e. The quantitative estimate of drug-likeness (QED) is 0.919. The Labute approximate surface area is 110 Å². The van der Waals surface area contributed by atoms with Crippen molar-refractivity contribution >= 4 is 28.1 Å². The highest BCUT2D eigenvalue weighted by Crippen LogP contribution is 2.22. The minimum Gasteiger partial charge on any atom is -0.330 e. The molecule has 1 aromatic carbocycles. The van der Waals surface area contributed by atoms with Gasteiger partial charge in [0.1, 0.15) is 5.78 Å². The van der Waals surface area contributed by atoms with Gasteiger partial charge >= 0.3 is 0 Å². The summed E-state index contributed by atoms with van der Waals surface area (Å²) in [6, 6.07) is 6.18. The first-order chi connectivity index (χ1) is 8.54. The van der Waals surface area contributed by atoms with Gasteiger partial charge in [-0.15, -0.1) is 0 Å². The number of aromatic nitrogens is 2. The lowest BCUT2D eigenvalue weighted by Crippen LogP contribution is -1.99. The zero-order valence-corrected chi connectivity index (χ0v) is 11.5. The lowest BCUT2D eigenvalue weighted by molar-refractivity contribution is -0.116. The van der Waals surface area contributed by atoms with Gasteiger partial charge in [0.2, 0.25) is 5.13 Å². The number of anilines is 2. The van der Waals surface area contributed by atoms with Crippen LogP contribution in [-0.2, 0) is 11.2 Å². The molecule has 18 heavy (non-hydrogen) atoms. The van der Waals surface area contributed by atoms with E-state index in [4.69, 9.17) is 0 Å². The fourth-order valence-corrected chi connectivity index (χ4v) is 2.27. The molecule has 0 spiro atoms. The van der Waals surface area contributed by atoms with Gasteiger partial charge in [-0.2, -0.15) is 4.37 Å². The molecule has 2 rings (SSSR count). The molecular weight excluding hydrogens is 246 g/mol. The third kappa shape index (κ3) is 3.13. The van der Waals surface area contributed by atoms with E-state index >= 15 is 0 Å². The van der Waals surface area contributed by atoms with Gasteiger partial charge in [0.15, 0.2) is 5.82 Å². The van der Waals surface area contributed by atoms with Crippen molar-refractivity contribution < 1.29 is 4.79 Å². The minimum absolute atomic E-state index is 0.0749. The monoisotopic (exact) mass is 261 g/mol. The van der Waals surface area contributed by atoms with Crippen LogP contribution in [-0.4, -0.2) is 15.1 Å². The summed E-state index contributed by atoms with van der Waals surface area (Å²) in [5.74, 6) is 0.658. The SMILES string of the molecule is CC(=O)Cc1nsc(Nc2ccc(C)cc2C)n1. The molecule has 0 aliphatic heterocycles. The van der Waals surface area contributed by atoms with Crippen LogP contribution in [0.1, 0.15) is 23.9 Å². The molecule has 5 heteroatoms. The number of rotatable bonds is 4. The zero-order valence-electron chi connectivity index (χ0n) is 10.7. The van der Waals surface area contributed by atoms with E-state index in [0.29, 0.717) is 12.2 Å². The number of nitrogens with zero attached hydrogens (tertiary/aromatic N) is 2. The van der Waals surface area contributed by atoms with Crippen molar-refractivity contribution in [2.24, 2.45) is 0 Å². The van der Waals surface area contributed by atoms with Crippen molar-refractivity contribution in [3.8, 4) is 0 Å². The van der Waals surface area contributed by atoms with Crippen molar-refractivity contribution in [1.29, 1.82) is 0 Å². The van der Waals surface area contributed by atoms with Crippen molar-refractivity contribution in [2.45, 2.75) is 27.2 Å². The number of ketones is 1. The number of carbonyl (C=O) groups is 1. The van der Waals surface area contributed by atoms with E-state index in [9.17, 15) is 4.79 Å². The minimum atomic E-state index is 0.0749. The Bertz CT molecular complexity index is 577. The molecular formula is C13H15N3OS. The number of carbonyl (C=O) groups excluding carboxylic acids is 1. The molecule has 0 atom stereocenters. The van der Waals surface area contributed by atoms with Crippen LogP contribution in [0.4, 0.5) is 10.8 Å². The van der Waals surface area contributed by atoms with Crippen LogP contribution >= 0.6 is 11.5 Å². The van der Waals surface area contributed by atoms with E-state index in [1.807, 2.05) is 19.1 Å². The Hall–Kier alpha value is -1.75. The molecule has 0 bridgehead atoms. The Kier molecular flexibility index (Phi) is 3.72. The van der Waals surface area contributed by atoms with E-state index in [1.54, 1.807) is 0 Å². The van der Waals surface area contributed by atoms with E-state index in [0.717, 1.165) is 10.8 Å². The van der Waals surface area contributed by atoms with Crippen LogP contribution in [0.25, 0.3) is 0 Å². The highest BCUT2D eigenvalue weighted by Gasteiger charge is 2.07. The van der Waals surface area contributed by atoms with Crippen LogP contribution in [0.5, 0.6) is 0 Å². The number of nitrogens with one attached hydrogen (secondary N) is 1. The predicted octanol–water partition coefficient (Wildman–Crippen LogP) is 3.03. The van der Waals surface area contributed by atoms with Crippen molar-refractivity contribution in [1.82, 2.24) is 9.36 Å².